The molecule has 5 heteroatoms. The summed E-state index contributed by atoms with van der Waals surface area (Å²) in [6.45, 7) is 2.64. The third kappa shape index (κ3) is 2.86. The molecule has 1 amide bonds. The fourth-order valence-electron chi connectivity index (χ4n) is 1.32. The van der Waals surface area contributed by atoms with Crippen molar-refractivity contribution in [3.8, 4) is 0 Å². The van der Waals surface area contributed by atoms with Crippen molar-refractivity contribution in [1.82, 2.24) is 4.90 Å². The molecule has 1 saturated heterocycles. The summed E-state index contributed by atoms with van der Waals surface area (Å²) < 4.78 is 0. The maximum atomic E-state index is 11.6. The van der Waals surface area contributed by atoms with Crippen molar-refractivity contribution < 1.29 is 9.90 Å². The van der Waals surface area contributed by atoms with E-state index in [1.165, 1.54) is 0 Å². The lowest BCUT2D eigenvalue weighted by Gasteiger charge is -2.35. The Bertz CT molecular complexity index is 189. The Labute approximate surface area is 91.0 Å². The number of rotatable bonds is 2. The van der Waals surface area contributed by atoms with Crippen LogP contribution in [0.5, 0.6) is 0 Å². The summed E-state index contributed by atoms with van der Waals surface area (Å²) in [5.41, 5.74) is 0. The van der Waals surface area contributed by atoms with Crippen LogP contribution in [0.2, 0.25) is 0 Å². The van der Waals surface area contributed by atoms with Crippen molar-refractivity contribution in [2.45, 2.75) is 17.8 Å². The maximum Gasteiger partial charge on any atom is 0.236 e. The molecule has 13 heavy (non-hydrogen) atoms. The number of carbonyl (C=O) groups is 1. The third-order valence-electron chi connectivity index (χ3n) is 2.06. The maximum absolute atomic E-state index is 11.6. The molecule has 0 radical (unpaired) electrons. The quantitative estimate of drug-likeness (QED) is 0.750. The lowest BCUT2D eigenvalue weighted by atomic mass is 10.2. The first-order chi connectivity index (χ1) is 6.16. The van der Waals surface area contributed by atoms with E-state index < -0.39 is 0 Å². The summed E-state index contributed by atoms with van der Waals surface area (Å²) in [5.74, 6) is 1.91. The van der Waals surface area contributed by atoms with Crippen LogP contribution < -0.4 is 0 Å². The Morgan fingerprint density at radius 2 is 2.54 bits per heavy atom. The van der Waals surface area contributed by atoms with Crippen LogP contribution in [0.25, 0.3) is 0 Å². The molecule has 1 rings (SSSR count). The third-order valence-corrected chi connectivity index (χ3v) is 3.55. The van der Waals surface area contributed by atoms with Crippen LogP contribution in [0, 0.1) is 0 Å². The van der Waals surface area contributed by atoms with E-state index in [-0.39, 0.29) is 23.4 Å². The zero-order valence-electron chi connectivity index (χ0n) is 7.57. The lowest BCUT2D eigenvalue weighted by molar-refractivity contribution is -0.132. The first kappa shape index (κ1) is 11.3. The zero-order valence-corrected chi connectivity index (χ0v) is 9.97. The molecule has 0 aromatic carbocycles. The molecule has 0 bridgehead atoms. The second-order valence-corrected chi connectivity index (χ2v) is 5.58. The van der Waals surface area contributed by atoms with Gasteiger partial charge < -0.3 is 10.0 Å². The molecule has 1 N–H and O–H groups in total. The minimum Gasteiger partial charge on any atom is -0.394 e. The molecule has 3 nitrogen and oxygen atoms in total. The normalized spacial score (nSPS) is 25.8. The summed E-state index contributed by atoms with van der Waals surface area (Å²) in [6, 6.07) is 0.00579. The first-order valence-corrected chi connectivity index (χ1v) is 6.37. The van der Waals surface area contributed by atoms with Crippen LogP contribution in [-0.2, 0) is 4.79 Å². The monoisotopic (exact) mass is 267 g/mol. The van der Waals surface area contributed by atoms with E-state index in [1.807, 2.05) is 6.92 Å². The molecular formula is C8H14BrNO2S. The molecule has 1 aliphatic rings. The van der Waals surface area contributed by atoms with Crippen molar-refractivity contribution in [1.29, 1.82) is 0 Å². The number of aliphatic hydroxyl groups is 1. The average molecular weight is 268 g/mol. The number of hydrogen-bond acceptors (Lipinski definition) is 3. The van der Waals surface area contributed by atoms with Crippen molar-refractivity contribution in [2.24, 2.45) is 0 Å². The van der Waals surface area contributed by atoms with Crippen molar-refractivity contribution in [3.63, 3.8) is 0 Å². The fourth-order valence-corrected chi connectivity index (χ4v) is 2.64. The average Bonchev–Trinajstić information content (AvgIpc) is 2.16. The van der Waals surface area contributed by atoms with Gasteiger partial charge in [0.05, 0.1) is 17.5 Å². The topological polar surface area (TPSA) is 40.5 Å². The molecule has 0 aromatic heterocycles. The molecule has 1 heterocycles. The minimum atomic E-state index is -0.148. The highest BCUT2D eigenvalue weighted by Crippen LogP contribution is 2.18. The summed E-state index contributed by atoms with van der Waals surface area (Å²) in [4.78, 5) is 13.3. The van der Waals surface area contributed by atoms with Crippen molar-refractivity contribution >= 4 is 33.6 Å². The highest BCUT2D eigenvalue weighted by molar-refractivity contribution is 9.10. The Kier molecular flexibility index (Phi) is 4.55. The first-order valence-electron chi connectivity index (χ1n) is 4.30. The van der Waals surface area contributed by atoms with E-state index in [1.54, 1.807) is 16.7 Å². The number of alkyl halides is 1. The highest BCUT2D eigenvalue weighted by atomic mass is 79.9. The number of thioether (sulfide) groups is 1. The van der Waals surface area contributed by atoms with E-state index in [9.17, 15) is 4.79 Å². The summed E-state index contributed by atoms with van der Waals surface area (Å²) in [5, 5.41) is 9.07. The van der Waals surface area contributed by atoms with Gasteiger partial charge in [-0.15, -0.1) is 0 Å². The number of nitrogens with zero attached hydrogens (tertiary/aromatic N) is 1. The smallest absolute Gasteiger partial charge is 0.236 e. The van der Waals surface area contributed by atoms with E-state index in [2.05, 4.69) is 15.9 Å². The molecule has 0 saturated carbocycles. The predicted octanol–water partition coefficient (Wildman–Crippen LogP) is 0.706. The second kappa shape index (κ2) is 5.22. The Morgan fingerprint density at radius 3 is 3.08 bits per heavy atom. The lowest BCUT2D eigenvalue weighted by Crippen LogP contribution is -2.50. The molecule has 0 aliphatic carbocycles. The summed E-state index contributed by atoms with van der Waals surface area (Å²) in [7, 11) is 0. The molecule has 1 aliphatic heterocycles. The molecule has 0 spiro atoms. The van der Waals surface area contributed by atoms with E-state index in [0.29, 0.717) is 0 Å². The van der Waals surface area contributed by atoms with Gasteiger partial charge in [0.2, 0.25) is 5.91 Å². The van der Waals surface area contributed by atoms with Crippen LogP contribution in [0.3, 0.4) is 0 Å². The molecule has 76 valence electrons. The largest absolute Gasteiger partial charge is 0.394 e. The number of aliphatic hydroxyl groups excluding tert-OH is 1. The molecular weight excluding hydrogens is 254 g/mol. The summed E-state index contributed by atoms with van der Waals surface area (Å²) in [6.07, 6.45) is 0. The Morgan fingerprint density at radius 1 is 1.85 bits per heavy atom. The van der Waals surface area contributed by atoms with Gasteiger partial charge in [-0.05, 0) is 6.92 Å². The molecule has 0 aromatic rings. The van der Waals surface area contributed by atoms with E-state index >= 15 is 0 Å². The van der Waals surface area contributed by atoms with Gasteiger partial charge in [0.15, 0.2) is 0 Å². The zero-order chi connectivity index (χ0) is 9.84. The standard InChI is InChI=1S/C8H14BrNO2S/c1-6(9)8(12)10-2-3-13-5-7(10)4-11/h6-7,11H,2-5H2,1H3. The highest BCUT2D eigenvalue weighted by Gasteiger charge is 2.28. The Balaban J connectivity index is 2.58. The van der Waals surface area contributed by atoms with Gasteiger partial charge in [-0.2, -0.15) is 11.8 Å². The second-order valence-electron chi connectivity index (χ2n) is 3.06. The van der Waals surface area contributed by atoms with E-state index in [4.69, 9.17) is 5.11 Å². The number of hydrogen-bond donors (Lipinski definition) is 1. The minimum absolute atomic E-state index is 0.00579. The van der Waals surface area contributed by atoms with Gasteiger partial charge in [-0.3, -0.25) is 4.79 Å². The number of carbonyl (C=O) groups excluding carboxylic acids is 1. The van der Waals surface area contributed by atoms with Crippen molar-refractivity contribution in [2.75, 3.05) is 24.7 Å². The van der Waals surface area contributed by atoms with Gasteiger partial charge in [0.25, 0.3) is 0 Å². The van der Waals surface area contributed by atoms with Gasteiger partial charge in [-0.25, -0.2) is 0 Å². The van der Waals surface area contributed by atoms with Gasteiger partial charge in [-0.1, -0.05) is 15.9 Å². The van der Waals surface area contributed by atoms with Crippen LogP contribution in [0.4, 0.5) is 0 Å². The van der Waals surface area contributed by atoms with Crippen LogP contribution >= 0.6 is 27.7 Å². The predicted molar refractivity (Wildman–Crippen MR) is 58.3 cm³/mol. The Hall–Kier alpha value is 0.260. The van der Waals surface area contributed by atoms with Gasteiger partial charge in [0, 0.05) is 18.1 Å². The van der Waals surface area contributed by atoms with Crippen LogP contribution in [-0.4, -0.2) is 51.4 Å². The van der Waals surface area contributed by atoms with Crippen LogP contribution in [0.15, 0.2) is 0 Å². The molecule has 2 unspecified atom stereocenters. The van der Waals surface area contributed by atoms with Crippen LogP contribution in [0.1, 0.15) is 6.92 Å². The number of amides is 1. The molecule has 1 fully saturated rings. The van der Waals surface area contributed by atoms with Crippen molar-refractivity contribution in [3.05, 3.63) is 0 Å². The summed E-state index contributed by atoms with van der Waals surface area (Å²) >= 11 is 5.04. The number of halogens is 1. The van der Waals surface area contributed by atoms with Gasteiger partial charge in [0.1, 0.15) is 0 Å². The fraction of sp³-hybridized carbons (Fsp3) is 0.875. The SMILES string of the molecule is CC(Br)C(=O)N1CCSCC1CO. The van der Waals surface area contributed by atoms with Gasteiger partial charge >= 0.3 is 0 Å². The molecule has 2 atom stereocenters. The van der Waals surface area contributed by atoms with E-state index in [0.717, 1.165) is 18.1 Å².